The highest BCUT2D eigenvalue weighted by atomic mass is 32.1. The lowest BCUT2D eigenvalue weighted by Gasteiger charge is -2.21. The minimum Gasteiger partial charge on any atom is -0.358 e. The van der Waals surface area contributed by atoms with Crippen molar-refractivity contribution in [3.8, 4) is 0 Å². The molecule has 1 aromatic carbocycles. The van der Waals surface area contributed by atoms with Gasteiger partial charge in [0.1, 0.15) is 17.0 Å². The number of thiophene rings is 1. The predicted octanol–water partition coefficient (Wildman–Crippen LogP) is 4.90. The number of anilines is 1. The first-order valence-electron chi connectivity index (χ1n) is 8.16. The molecular weight excluding hydrogens is 328 g/mol. The Hall–Kier alpha value is -2.79. The van der Waals surface area contributed by atoms with Crippen LogP contribution in [-0.4, -0.2) is 15.0 Å². The van der Waals surface area contributed by atoms with Gasteiger partial charge in [-0.2, -0.15) is 0 Å². The van der Waals surface area contributed by atoms with Crippen LogP contribution < -0.4 is 5.32 Å². The van der Waals surface area contributed by atoms with E-state index in [0.29, 0.717) is 0 Å². The van der Waals surface area contributed by atoms with Crippen molar-refractivity contribution in [3.63, 3.8) is 0 Å². The lowest BCUT2D eigenvalue weighted by molar-refractivity contribution is 0.923. The average Bonchev–Trinajstić information content (AvgIpc) is 2.96. The van der Waals surface area contributed by atoms with E-state index >= 15 is 0 Å². The number of nitrogens with one attached hydrogen (secondary N) is 1. The smallest absolute Gasteiger partial charge is 0.139 e. The Balaban J connectivity index is 1.83. The maximum absolute atomic E-state index is 4.54. The first kappa shape index (κ1) is 15.7. The van der Waals surface area contributed by atoms with Crippen molar-refractivity contribution in [1.29, 1.82) is 0 Å². The summed E-state index contributed by atoms with van der Waals surface area (Å²) in [6, 6.07) is 14.5. The SMILES string of the molecule is Cc1sc2ncnc(N[C@H](c3ccccc3)c3ccncc3)c2c1C. The van der Waals surface area contributed by atoms with Gasteiger partial charge in [-0.3, -0.25) is 4.98 Å². The van der Waals surface area contributed by atoms with Crippen molar-refractivity contribution in [3.05, 3.63) is 82.8 Å². The molecular formula is C20H18N4S. The van der Waals surface area contributed by atoms with Crippen LogP contribution in [0.1, 0.15) is 27.6 Å². The zero-order chi connectivity index (χ0) is 17.2. The highest BCUT2D eigenvalue weighted by Crippen LogP contribution is 2.35. The van der Waals surface area contributed by atoms with Crippen molar-refractivity contribution in [1.82, 2.24) is 15.0 Å². The number of hydrogen-bond acceptors (Lipinski definition) is 5. The fourth-order valence-electron chi connectivity index (χ4n) is 2.99. The van der Waals surface area contributed by atoms with E-state index in [1.807, 2.05) is 30.6 Å². The van der Waals surface area contributed by atoms with Gasteiger partial charge in [0.05, 0.1) is 11.4 Å². The highest BCUT2D eigenvalue weighted by Gasteiger charge is 2.18. The lowest BCUT2D eigenvalue weighted by Crippen LogP contribution is -2.13. The largest absolute Gasteiger partial charge is 0.358 e. The molecule has 3 aromatic heterocycles. The van der Waals surface area contributed by atoms with Crippen LogP contribution in [0, 0.1) is 13.8 Å². The van der Waals surface area contributed by atoms with Crippen LogP contribution in [0.2, 0.25) is 0 Å². The average molecular weight is 346 g/mol. The van der Waals surface area contributed by atoms with E-state index in [0.717, 1.165) is 21.6 Å². The fraction of sp³-hybridized carbons (Fsp3) is 0.150. The molecule has 4 rings (SSSR count). The second-order valence-electron chi connectivity index (χ2n) is 5.95. The fourth-order valence-corrected chi connectivity index (χ4v) is 3.99. The molecule has 0 aliphatic rings. The summed E-state index contributed by atoms with van der Waals surface area (Å²) in [5.74, 6) is 0.873. The Morgan fingerprint density at radius 3 is 2.40 bits per heavy atom. The van der Waals surface area contributed by atoms with Gasteiger partial charge in [0.25, 0.3) is 0 Å². The number of fused-ring (bicyclic) bond motifs is 1. The second kappa shape index (κ2) is 6.61. The summed E-state index contributed by atoms with van der Waals surface area (Å²) < 4.78 is 0. The van der Waals surface area contributed by atoms with Gasteiger partial charge in [0.2, 0.25) is 0 Å². The molecule has 3 heterocycles. The molecule has 0 saturated carbocycles. The maximum atomic E-state index is 4.54. The molecule has 0 bridgehead atoms. The van der Waals surface area contributed by atoms with Crippen LogP contribution in [-0.2, 0) is 0 Å². The van der Waals surface area contributed by atoms with Crippen LogP contribution in [0.3, 0.4) is 0 Å². The number of hydrogen-bond donors (Lipinski definition) is 1. The summed E-state index contributed by atoms with van der Waals surface area (Å²) in [4.78, 5) is 15.4. The summed E-state index contributed by atoms with van der Waals surface area (Å²) >= 11 is 1.71. The third-order valence-electron chi connectivity index (χ3n) is 4.42. The van der Waals surface area contributed by atoms with Crippen LogP contribution >= 0.6 is 11.3 Å². The van der Waals surface area contributed by atoms with E-state index in [9.17, 15) is 0 Å². The third-order valence-corrected chi connectivity index (χ3v) is 5.53. The summed E-state index contributed by atoms with van der Waals surface area (Å²) in [7, 11) is 0. The van der Waals surface area contributed by atoms with Gasteiger partial charge in [-0.1, -0.05) is 30.3 Å². The Labute approximate surface area is 150 Å². The molecule has 1 atom stereocenters. The molecule has 0 spiro atoms. The van der Waals surface area contributed by atoms with Gasteiger partial charge in [-0.15, -0.1) is 11.3 Å². The summed E-state index contributed by atoms with van der Waals surface area (Å²) in [5.41, 5.74) is 3.58. The number of rotatable bonds is 4. The van der Waals surface area contributed by atoms with Crippen molar-refractivity contribution in [2.75, 3.05) is 5.32 Å². The van der Waals surface area contributed by atoms with Crippen LogP contribution in [0.25, 0.3) is 10.2 Å². The molecule has 0 radical (unpaired) electrons. The first-order valence-corrected chi connectivity index (χ1v) is 8.98. The van der Waals surface area contributed by atoms with Crippen LogP contribution in [0.15, 0.2) is 61.2 Å². The van der Waals surface area contributed by atoms with Gasteiger partial charge >= 0.3 is 0 Å². The predicted molar refractivity (Wildman–Crippen MR) is 103 cm³/mol. The molecule has 0 amide bonds. The number of pyridine rings is 1. The van der Waals surface area contributed by atoms with Crippen molar-refractivity contribution >= 4 is 27.4 Å². The first-order chi connectivity index (χ1) is 12.2. The van der Waals surface area contributed by atoms with E-state index < -0.39 is 0 Å². The van der Waals surface area contributed by atoms with Gasteiger partial charge < -0.3 is 5.32 Å². The van der Waals surface area contributed by atoms with Crippen LogP contribution in [0.4, 0.5) is 5.82 Å². The summed E-state index contributed by atoms with van der Waals surface area (Å²) in [5, 5.41) is 4.75. The molecule has 0 saturated heterocycles. The number of benzene rings is 1. The van der Waals surface area contributed by atoms with Gasteiger partial charge in [0, 0.05) is 17.3 Å². The summed E-state index contributed by atoms with van der Waals surface area (Å²) in [6.07, 6.45) is 5.28. The van der Waals surface area contributed by atoms with E-state index in [-0.39, 0.29) is 6.04 Å². The quantitative estimate of drug-likeness (QED) is 0.571. The zero-order valence-corrected chi connectivity index (χ0v) is 14.9. The maximum Gasteiger partial charge on any atom is 0.139 e. The van der Waals surface area contributed by atoms with Crippen molar-refractivity contribution in [2.45, 2.75) is 19.9 Å². The monoisotopic (exact) mass is 346 g/mol. The number of nitrogens with zero attached hydrogens (tertiary/aromatic N) is 3. The van der Waals surface area contributed by atoms with E-state index in [1.54, 1.807) is 17.7 Å². The van der Waals surface area contributed by atoms with Gasteiger partial charge in [0.15, 0.2) is 0 Å². The molecule has 0 fully saturated rings. The van der Waals surface area contributed by atoms with Crippen LogP contribution in [0.5, 0.6) is 0 Å². The number of aryl methyl sites for hydroxylation is 2. The minimum atomic E-state index is 0.00176. The molecule has 5 heteroatoms. The van der Waals surface area contributed by atoms with Gasteiger partial charge in [-0.25, -0.2) is 9.97 Å². The third kappa shape index (κ3) is 2.98. The molecule has 0 aliphatic carbocycles. The Bertz CT molecular complexity index is 957. The van der Waals surface area contributed by atoms with E-state index in [4.69, 9.17) is 0 Å². The highest BCUT2D eigenvalue weighted by molar-refractivity contribution is 7.18. The molecule has 0 unspecified atom stereocenters. The number of aromatic nitrogens is 3. The van der Waals surface area contributed by atoms with Crippen molar-refractivity contribution < 1.29 is 0 Å². The Morgan fingerprint density at radius 1 is 0.920 bits per heavy atom. The van der Waals surface area contributed by atoms with Gasteiger partial charge in [-0.05, 0) is 42.7 Å². The molecule has 1 N–H and O–H groups in total. The second-order valence-corrected chi connectivity index (χ2v) is 7.16. The molecule has 124 valence electrons. The normalized spacial score (nSPS) is 12.2. The topological polar surface area (TPSA) is 50.7 Å². The zero-order valence-electron chi connectivity index (χ0n) is 14.1. The van der Waals surface area contributed by atoms with E-state index in [2.05, 4.69) is 58.4 Å². The minimum absolute atomic E-state index is 0.00176. The lowest BCUT2D eigenvalue weighted by atomic mass is 9.99. The Morgan fingerprint density at radius 2 is 1.64 bits per heavy atom. The molecule has 25 heavy (non-hydrogen) atoms. The molecule has 4 nitrogen and oxygen atoms in total. The molecule has 4 aromatic rings. The van der Waals surface area contributed by atoms with E-state index in [1.165, 1.54) is 16.0 Å². The standard InChI is InChI=1S/C20H18N4S/c1-13-14(2)25-20-17(13)19(22-12-23-20)24-18(15-6-4-3-5-7-15)16-8-10-21-11-9-16/h3-12,18H,1-2H3,(H,22,23,24)/t18-/m1/s1. The molecule has 0 aliphatic heterocycles. The van der Waals surface area contributed by atoms with Crippen molar-refractivity contribution in [2.24, 2.45) is 0 Å². The summed E-state index contributed by atoms with van der Waals surface area (Å²) in [6.45, 7) is 4.26. The Kier molecular flexibility index (Phi) is 4.15.